The molecule has 1 aromatic heterocycles. The molecule has 0 N–H and O–H groups in total. The lowest BCUT2D eigenvalue weighted by molar-refractivity contribution is 0.459. The lowest BCUT2D eigenvalue weighted by Gasteiger charge is -2.09. The first-order valence-corrected chi connectivity index (χ1v) is 7.58. The molecule has 0 aliphatic rings. The zero-order valence-corrected chi connectivity index (χ0v) is 13.9. The molecule has 1 heterocycles. The Hall–Kier alpha value is -1.65. The largest absolute Gasteiger partial charge is 0.436 e. The molecule has 3 aromatic rings. The van der Waals surface area contributed by atoms with Crippen molar-refractivity contribution < 1.29 is 4.74 Å². The maximum Gasteiger partial charge on any atom is 0.257 e. The molecule has 0 saturated carbocycles. The van der Waals surface area contributed by atoms with E-state index in [2.05, 4.69) is 32.0 Å². The third-order valence-electron chi connectivity index (χ3n) is 3.22. The number of ether oxygens (including phenoxy) is 1. The summed E-state index contributed by atoms with van der Waals surface area (Å²) in [6, 6.07) is 11.9. The number of hydrogen-bond donors (Lipinski definition) is 0. The van der Waals surface area contributed by atoms with Crippen molar-refractivity contribution in [3.63, 3.8) is 0 Å². The van der Waals surface area contributed by atoms with Crippen LogP contribution in [0.5, 0.6) is 11.6 Å². The van der Waals surface area contributed by atoms with Gasteiger partial charge in [0, 0.05) is 4.47 Å². The van der Waals surface area contributed by atoms with Crippen LogP contribution in [0.1, 0.15) is 11.4 Å². The molecule has 2 aromatic carbocycles. The Morgan fingerprint density at radius 2 is 1.62 bits per heavy atom. The van der Waals surface area contributed by atoms with E-state index in [1.165, 1.54) is 0 Å². The molecular weight excluding hydrogens is 352 g/mol. The van der Waals surface area contributed by atoms with E-state index in [4.69, 9.17) is 16.3 Å². The van der Waals surface area contributed by atoms with Gasteiger partial charge in [-0.3, -0.25) is 0 Å². The summed E-state index contributed by atoms with van der Waals surface area (Å²) < 4.78 is 6.81. The number of aromatic nitrogens is 2. The summed E-state index contributed by atoms with van der Waals surface area (Å²) in [7, 11) is 0. The van der Waals surface area contributed by atoms with Gasteiger partial charge in [0.05, 0.1) is 11.4 Å². The molecule has 0 unspecified atom stereocenters. The average molecular weight is 364 g/mol. The first-order valence-electron chi connectivity index (χ1n) is 6.41. The van der Waals surface area contributed by atoms with Gasteiger partial charge in [0.15, 0.2) is 5.15 Å². The molecular formula is C16H12BrClN2O. The smallest absolute Gasteiger partial charge is 0.257 e. The Labute approximate surface area is 136 Å². The number of nitrogens with zero attached hydrogens (tertiary/aromatic N) is 2. The zero-order chi connectivity index (χ0) is 15.0. The van der Waals surface area contributed by atoms with E-state index in [1.54, 1.807) is 0 Å². The molecule has 5 heteroatoms. The summed E-state index contributed by atoms with van der Waals surface area (Å²) in [5, 5.41) is 2.49. The second kappa shape index (κ2) is 5.62. The Bertz CT molecular complexity index is 836. The zero-order valence-electron chi connectivity index (χ0n) is 11.5. The summed E-state index contributed by atoms with van der Waals surface area (Å²) in [6.45, 7) is 3.75. The van der Waals surface area contributed by atoms with E-state index in [-0.39, 0.29) is 5.15 Å². The van der Waals surface area contributed by atoms with Crippen LogP contribution in [-0.2, 0) is 0 Å². The van der Waals surface area contributed by atoms with Crippen molar-refractivity contribution in [3.05, 3.63) is 57.4 Å². The summed E-state index contributed by atoms with van der Waals surface area (Å²) in [6.07, 6.45) is 0. The van der Waals surface area contributed by atoms with Crippen molar-refractivity contribution in [1.82, 2.24) is 9.97 Å². The fourth-order valence-electron chi connectivity index (χ4n) is 1.99. The Kier molecular flexibility index (Phi) is 3.83. The van der Waals surface area contributed by atoms with Crippen LogP contribution in [0.25, 0.3) is 10.8 Å². The van der Waals surface area contributed by atoms with Crippen LogP contribution in [0.4, 0.5) is 0 Å². The van der Waals surface area contributed by atoms with Crippen molar-refractivity contribution in [3.8, 4) is 11.6 Å². The SMILES string of the molecule is Cc1nc(Cl)c(Oc2ccc3cc(Br)ccc3c2)nc1C. The number of hydrogen-bond acceptors (Lipinski definition) is 3. The van der Waals surface area contributed by atoms with Crippen LogP contribution in [0.2, 0.25) is 5.15 Å². The predicted octanol–water partition coefficient (Wildman–Crippen LogP) is 5.45. The summed E-state index contributed by atoms with van der Waals surface area (Å²) >= 11 is 9.55. The summed E-state index contributed by atoms with van der Waals surface area (Å²) in [5.74, 6) is 1.01. The quantitative estimate of drug-likeness (QED) is 0.607. The van der Waals surface area contributed by atoms with E-state index < -0.39 is 0 Å². The van der Waals surface area contributed by atoms with E-state index in [9.17, 15) is 0 Å². The lowest BCUT2D eigenvalue weighted by Crippen LogP contribution is -1.97. The normalized spacial score (nSPS) is 10.9. The van der Waals surface area contributed by atoms with Gasteiger partial charge in [-0.2, -0.15) is 0 Å². The van der Waals surface area contributed by atoms with Gasteiger partial charge in [0.1, 0.15) is 5.75 Å². The molecule has 0 fully saturated rings. The molecule has 106 valence electrons. The van der Waals surface area contributed by atoms with Crippen molar-refractivity contribution >= 4 is 38.3 Å². The van der Waals surface area contributed by atoms with E-state index >= 15 is 0 Å². The minimum atomic E-state index is 0.272. The third kappa shape index (κ3) is 3.01. The van der Waals surface area contributed by atoms with E-state index in [0.717, 1.165) is 26.6 Å². The molecule has 21 heavy (non-hydrogen) atoms. The minimum Gasteiger partial charge on any atom is -0.436 e. The maximum absolute atomic E-state index is 6.09. The van der Waals surface area contributed by atoms with Gasteiger partial charge in [0.25, 0.3) is 5.88 Å². The average Bonchev–Trinajstić information content (AvgIpc) is 2.45. The first kappa shape index (κ1) is 14.3. The Morgan fingerprint density at radius 3 is 2.43 bits per heavy atom. The number of halogens is 2. The van der Waals surface area contributed by atoms with Gasteiger partial charge in [-0.25, -0.2) is 9.97 Å². The predicted molar refractivity (Wildman–Crippen MR) is 88.2 cm³/mol. The molecule has 0 spiro atoms. The van der Waals surface area contributed by atoms with Crippen molar-refractivity contribution in [1.29, 1.82) is 0 Å². The van der Waals surface area contributed by atoms with Crippen molar-refractivity contribution in [2.75, 3.05) is 0 Å². The highest BCUT2D eigenvalue weighted by atomic mass is 79.9. The van der Waals surface area contributed by atoms with Gasteiger partial charge in [-0.05, 0) is 48.9 Å². The molecule has 0 atom stereocenters. The fraction of sp³-hybridized carbons (Fsp3) is 0.125. The molecule has 0 amide bonds. The number of aryl methyl sites for hydroxylation is 2. The van der Waals surface area contributed by atoms with Gasteiger partial charge in [-0.1, -0.05) is 39.7 Å². The van der Waals surface area contributed by atoms with Crippen LogP contribution in [0, 0.1) is 13.8 Å². The van der Waals surface area contributed by atoms with Gasteiger partial charge < -0.3 is 4.74 Å². The molecule has 3 rings (SSSR count). The third-order valence-corrected chi connectivity index (χ3v) is 3.96. The highest BCUT2D eigenvalue weighted by molar-refractivity contribution is 9.10. The van der Waals surface area contributed by atoms with Crippen LogP contribution in [0.3, 0.4) is 0 Å². The topological polar surface area (TPSA) is 35.0 Å². The highest BCUT2D eigenvalue weighted by Crippen LogP contribution is 2.29. The molecule has 0 aliphatic carbocycles. The second-order valence-corrected chi connectivity index (χ2v) is 6.02. The maximum atomic E-state index is 6.09. The van der Waals surface area contributed by atoms with Gasteiger partial charge in [0.2, 0.25) is 0 Å². The fourth-order valence-corrected chi connectivity index (χ4v) is 2.58. The molecule has 3 nitrogen and oxygen atoms in total. The van der Waals surface area contributed by atoms with Crippen LogP contribution in [-0.4, -0.2) is 9.97 Å². The Morgan fingerprint density at radius 1 is 0.952 bits per heavy atom. The number of rotatable bonds is 2. The van der Waals surface area contributed by atoms with Gasteiger partial charge in [-0.15, -0.1) is 0 Å². The van der Waals surface area contributed by atoms with Crippen LogP contribution in [0.15, 0.2) is 40.9 Å². The highest BCUT2D eigenvalue weighted by Gasteiger charge is 2.10. The number of benzene rings is 2. The molecule has 0 radical (unpaired) electrons. The summed E-state index contributed by atoms with van der Waals surface area (Å²) in [5.41, 5.74) is 1.61. The monoisotopic (exact) mass is 362 g/mol. The molecule has 0 aliphatic heterocycles. The summed E-state index contributed by atoms with van der Waals surface area (Å²) in [4.78, 5) is 8.55. The number of fused-ring (bicyclic) bond motifs is 1. The molecule has 0 saturated heterocycles. The van der Waals surface area contributed by atoms with Gasteiger partial charge >= 0.3 is 0 Å². The lowest BCUT2D eigenvalue weighted by atomic mass is 10.1. The standard InChI is InChI=1S/C16H12BrClN2O/c1-9-10(2)20-16(15(18)19-9)21-14-6-4-11-7-13(17)5-3-12(11)8-14/h3-8H,1-2H3. The van der Waals surface area contributed by atoms with Crippen LogP contribution < -0.4 is 4.74 Å². The van der Waals surface area contributed by atoms with E-state index in [1.807, 2.05) is 44.2 Å². The first-order chi connectivity index (χ1) is 10.0. The van der Waals surface area contributed by atoms with Crippen molar-refractivity contribution in [2.24, 2.45) is 0 Å². The molecule has 0 bridgehead atoms. The minimum absolute atomic E-state index is 0.272. The van der Waals surface area contributed by atoms with E-state index in [0.29, 0.717) is 11.6 Å². The second-order valence-electron chi connectivity index (χ2n) is 4.75. The van der Waals surface area contributed by atoms with Crippen LogP contribution >= 0.6 is 27.5 Å². The Balaban J connectivity index is 1.98. The van der Waals surface area contributed by atoms with Crippen molar-refractivity contribution in [2.45, 2.75) is 13.8 Å².